The van der Waals surface area contributed by atoms with Crippen molar-refractivity contribution >= 4 is 0 Å². The van der Waals surface area contributed by atoms with Crippen LogP contribution in [0.4, 0.5) is 0 Å². The van der Waals surface area contributed by atoms with Crippen LogP contribution in [0.25, 0.3) is 0 Å². The Labute approximate surface area is 95.2 Å². The third-order valence-electron chi connectivity index (χ3n) is 2.81. The van der Waals surface area contributed by atoms with Crippen LogP contribution in [0, 0.1) is 6.92 Å². The zero-order valence-electron chi connectivity index (χ0n) is 9.62. The van der Waals surface area contributed by atoms with Gasteiger partial charge in [-0.15, -0.1) is 0 Å². The second-order valence-electron chi connectivity index (χ2n) is 3.95. The molecule has 0 aliphatic carbocycles. The number of ether oxygens (including phenoxy) is 2. The number of aromatic hydroxyl groups is 1. The van der Waals surface area contributed by atoms with Crippen molar-refractivity contribution in [3.8, 4) is 11.5 Å². The summed E-state index contributed by atoms with van der Waals surface area (Å²) in [7, 11) is 1.62. The molecule has 2 rings (SSSR count). The minimum atomic E-state index is -0.0949. The number of rotatable bonds is 2. The van der Waals surface area contributed by atoms with Crippen LogP contribution in [0.3, 0.4) is 0 Å². The van der Waals surface area contributed by atoms with Crippen molar-refractivity contribution in [1.29, 1.82) is 0 Å². The summed E-state index contributed by atoms with van der Waals surface area (Å²) in [5.41, 5.74) is 1.60. The third kappa shape index (κ3) is 2.13. The molecule has 1 unspecified atom stereocenters. The second-order valence-corrected chi connectivity index (χ2v) is 3.95. The van der Waals surface area contributed by atoms with Crippen LogP contribution in [0.1, 0.15) is 17.2 Å². The first kappa shape index (κ1) is 11.2. The average Bonchev–Trinajstić information content (AvgIpc) is 2.33. The number of nitrogens with one attached hydrogen (secondary N) is 1. The molecule has 1 saturated heterocycles. The highest BCUT2D eigenvalue weighted by Crippen LogP contribution is 2.34. The van der Waals surface area contributed by atoms with Crippen molar-refractivity contribution in [2.75, 3.05) is 26.8 Å². The Morgan fingerprint density at radius 3 is 2.94 bits per heavy atom. The van der Waals surface area contributed by atoms with Crippen molar-refractivity contribution in [2.24, 2.45) is 0 Å². The van der Waals surface area contributed by atoms with E-state index in [1.54, 1.807) is 7.11 Å². The van der Waals surface area contributed by atoms with Gasteiger partial charge in [0.15, 0.2) is 0 Å². The summed E-state index contributed by atoms with van der Waals surface area (Å²) in [5, 5.41) is 13.2. The Hall–Kier alpha value is -1.26. The molecule has 1 atom stereocenters. The number of methoxy groups -OCH3 is 1. The van der Waals surface area contributed by atoms with Crippen molar-refractivity contribution in [1.82, 2.24) is 5.32 Å². The molecule has 0 spiro atoms. The molecule has 0 bridgehead atoms. The van der Waals surface area contributed by atoms with Crippen LogP contribution in [0.2, 0.25) is 0 Å². The molecule has 1 aliphatic rings. The van der Waals surface area contributed by atoms with Gasteiger partial charge in [-0.25, -0.2) is 0 Å². The van der Waals surface area contributed by atoms with Crippen LogP contribution >= 0.6 is 0 Å². The minimum Gasteiger partial charge on any atom is -0.507 e. The summed E-state index contributed by atoms with van der Waals surface area (Å²) in [5.74, 6) is 1.05. The lowest BCUT2D eigenvalue weighted by molar-refractivity contribution is 0.0261. The summed E-state index contributed by atoms with van der Waals surface area (Å²) < 4.78 is 10.8. The molecular weight excluding hydrogens is 206 g/mol. The van der Waals surface area contributed by atoms with E-state index in [-0.39, 0.29) is 6.10 Å². The molecule has 0 amide bonds. The van der Waals surface area contributed by atoms with Crippen LogP contribution in [0.15, 0.2) is 12.1 Å². The quantitative estimate of drug-likeness (QED) is 0.795. The molecule has 88 valence electrons. The highest BCUT2D eigenvalue weighted by Gasteiger charge is 2.20. The van der Waals surface area contributed by atoms with Gasteiger partial charge in [-0.1, -0.05) is 0 Å². The number of hydrogen-bond acceptors (Lipinski definition) is 4. The molecule has 1 fully saturated rings. The van der Waals surface area contributed by atoms with E-state index >= 15 is 0 Å². The number of benzene rings is 1. The average molecular weight is 223 g/mol. The number of hydrogen-bond donors (Lipinski definition) is 2. The van der Waals surface area contributed by atoms with E-state index in [1.165, 1.54) is 0 Å². The summed E-state index contributed by atoms with van der Waals surface area (Å²) in [6, 6.07) is 3.65. The Bertz CT molecular complexity index is 373. The third-order valence-corrected chi connectivity index (χ3v) is 2.81. The van der Waals surface area contributed by atoms with Crippen LogP contribution in [0.5, 0.6) is 11.5 Å². The van der Waals surface area contributed by atoms with Crippen LogP contribution in [-0.4, -0.2) is 31.9 Å². The van der Waals surface area contributed by atoms with Gasteiger partial charge in [0.05, 0.1) is 19.8 Å². The molecule has 16 heavy (non-hydrogen) atoms. The lowest BCUT2D eigenvalue weighted by atomic mass is 10.0. The van der Waals surface area contributed by atoms with Gasteiger partial charge in [-0.3, -0.25) is 0 Å². The summed E-state index contributed by atoms with van der Waals surface area (Å²) in [6.07, 6.45) is -0.0949. The van der Waals surface area contributed by atoms with Gasteiger partial charge >= 0.3 is 0 Å². The summed E-state index contributed by atoms with van der Waals surface area (Å²) in [4.78, 5) is 0. The zero-order chi connectivity index (χ0) is 11.5. The van der Waals surface area contributed by atoms with E-state index in [1.807, 2.05) is 19.1 Å². The fraction of sp³-hybridized carbons (Fsp3) is 0.500. The van der Waals surface area contributed by atoms with E-state index in [9.17, 15) is 5.11 Å². The van der Waals surface area contributed by atoms with Gasteiger partial charge < -0.3 is 19.9 Å². The van der Waals surface area contributed by atoms with Gasteiger partial charge in [0.1, 0.15) is 11.5 Å². The monoisotopic (exact) mass is 223 g/mol. The summed E-state index contributed by atoms with van der Waals surface area (Å²) in [6.45, 7) is 4.11. The van der Waals surface area contributed by atoms with Gasteiger partial charge in [0.2, 0.25) is 0 Å². The van der Waals surface area contributed by atoms with Gasteiger partial charge in [0.25, 0.3) is 0 Å². The first-order chi connectivity index (χ1) is 7.72. The van der Waals surface area contributed by atoms with Crippen LogP contribution < -0.4 is 10.1 Å². The molecule has 1 aliphatic heterocycles. The minimum absolute atomic E-state index is 0.0949. The predicted molar refractivity (Wildman–Crippen MR) is 61.0 cm³/mol. The van der Waals surface area contributed by atoms with E-state index < -0.39 is 0 Å². The molecule has 0 aromatic heterocycles. The smallest absolute Gasteiger partial charge is 0.124 e. The second kappa shape index (κ2) is 4.72. The normalized spacial score (nSPS) is 20.8. The highest BCUT2D eigenvalue weighted by molar-refractivity contribution is 5.47. The standard InChI is InChI=1S/C12H17NO3/c1-8-5-9(15-2)6-10(12(8)14)11-7-13-3-4-16-11/h5-6,11,13-14H,3-4,7H2,1-2H3. The van der Waals surface area contributed by atoms with Gasteiger partial charge in [-0.2, -0.15) is 0 Å². The van der Waals surface area contributed by atoms with E-state index in [0.717, 1.165) is 30.0 Å². The topological polar surface area (TPSA) is 50.7 Å². The number of morpholine rings is 1. The largest absolute Gasteiger partial charge is 0.507 e. The first-order valence-electron chi connectivity index (χ1n) is 5.42. The molecule has 4 nitrogen and oxygen atoms in total. The molecule has 1 aromatic carbocycles. The first-order valence-corrected chi connectivity index (χ1v) is 5.42. The Kier molecular flexibility index (Phi) is 3.31. The van der Waals surface area contributed by atoms with Crippen molar-refractivity contribution in [2.45, 2.75) is 13.0 Å². The lowest BCUT2D eigenvalue weighted by Crippen LogP contribution is -2.33. The Morgan fingerprint density at radius 2 is 2.31 bits per heavy atom. The van der Waals surface area contributed by atoms with Gasteiger partial charge in [-0.05, 0) is 24.6 Å². The molecule has 1 aromatic rings. The highest BCUT2D eigenvalue weighted by atomic mass is 16.5. The molecule has 4 heteroatoms. The molecule has 0 saturated carbocycles. The lowest BCUT2D eigenvalue weighted by Gasteiger charge is -2.25. The maximum absolute atomic E-state index is 10.0. The maximum Gasteiger partial charge on any atom is 0.124 e. The maximum atomic E-state index is 10.0. The van der Waals surface area contributed by atoms with Crippen molar-refractivity contribution in [3.05, 3.63) is 23.3 Å². The van der Waals surface area contributed by atoms with Crippen LogP contribution in [-0.2, 0) is 4.74 Å². The van der Waals surface area contributed by atoms with Crippen molar-refractivity contribution < 1.29 is 14.6 Å². The van der Waals surface area contributed by atoms with Crippen molar-refractivity contribution in [3.63, 3.8) is 0 Å². The molecule has 1 heterocycles. The number of phenolic OH excluding ortho intramolecular Hbond substituents is 1. The summed E-state index contributed by atoms with van der Waals surface area (Å²) >= 11 is 0. The predicted octanol–water partition coefficient (Wildman–Crippen LogP) is 1.37. The van der Waals surface area contributed by atoms with E-state index in [2.05, 4.69) is 5.32 Å². The SMILES string of the molecule is COc1cc(C)c(O)c(C2CNCCO2)c1. The van der Waals surface area contributed by atoms with E-state index in [0.29, 0.717) is 12.4 Å². The zero-order valence-corrected chi connectivity index (χ0v) is 9.62. The Balaban J connectivity index is 2.33. The van der Waals surface area contributed by atoms with E-state index in [4.69, 9.17) is 9.47 Å². The molecular formula is C12H17NO3. The molecule has 2 N–H and O–H groups in total. The fourth-order valence-corrected chi connectivity index (χ4v) is 1.90. The number of phenols is 1. The Morgan fingerprint density at radius 1 is 1.50 bits per heavy atom. The fourth-order valence-electron chi connectivity index (χ4n) is 1.90. The van der Waals surface area contributed by atoms with Gasteiger partial charge in [0, 0.05) is 18.7 Å². The number of aryl methyl sites for hydroxylation is 1. The molecule has 0 radical (unpaired) electrons.